The number of hydrogen-bond donors (Lipinski definition) is 3. The Morgan fingerprint density at radius 2 is 1.88 bits per heavy atom. The molecule has 1 aromatic carbocycles. The molecule has 0 aliphatic heterocycles. The summed E-state index contributed by atoms with van der Waals surface area (Å²) in [6.07, 6.45) is 3.39. The van der Waals surface area contributed by atoms with Gasteiger partial charge in [0.05, 0.1) is 11.9 Å². The third-order valence-electron chi connectivity index (χ3n) is 3.80. The zero-order chi connectivity index (χ0) is 16.5. The summed E-state index contributed by atoms with van der Waals surface area (Å²) in [4.78, 5) is 28.1. The molecule has 3 aromatic rings. The molecule has 120 valence electrons. The lowest BCUT2D eigenvalue weighted by Crippen LogP contribution is -2.15. The van der Waals surface area contributed by atoms with Crippen molar-refractivity contribution in [2.45, 2.75) is 12.8 Å². The summed E-state index contributed by atoms with van der Waals surface area (Å²) in [6, 6.07) is 8.42. The Labute approximate surface area is 136 Å². The van der Waals surface area contributed by atoms with Crippen LogP contribution in [0.1, 0.15) is 23.2 Å². The lowest BCUT2D eigenvalue weighted by atomic mass is 10.2. The maximum Gasteiger partial charge on any atom is 0.255 e. The zero-order valence-corrected chi connectivity index (χ0v) is 12.6. The molecule has 2 amide bonds. The van der Waals surface area contributed by atoms with Crippen LogP contribution in [0.5, 0.6) is 0 Å². The molecule has 4 rings (SSSR count). The van der Waals surface area contributed by atoms with Gasteiger partial charge in [-0.25, -0.2) is 4.98 Å². The number of aromatic amines is 1. The molecule has 0 radical (unpaired) electrons. The summed E-state index contributed by atoms with van der Waals surface area (Å²) in [5.41, 5.74) is 2.34. The van der Waals surface area contributed by atoms with E-state index in [9.17, 15) is 9.59 Å². The molecule has 2 heterocycles. The van der Waals surface area contributed by atoms with E-state index < -0.39 is 0 Å². The van der Waals surface area contributed by atoms with Crippen LogP contribution in [0.4, 0.5) is 11.5 Å². The van der Waals surface area contributed by atoms with Crippen molar-refractivity contribution in [1.29, 1.82) is 0 Å². The fraction of sp³-hybridized carbons (Fsp3) is 0.188. The molecule has 0 spiro atoms. The molecule has 2 aromatic heterocycles. The molecule has 1 saturated carbocycles. The van der Waals surface area contributed by atoms with Crippen molar-refractivity contribution in [2.24, 2.45) is 5.92 Å². The number of amides is 2. The smallest absolute Gasteiger partial charge is 0.255 e. The van der Waals surface area contributed by atoms with Crippen LogP contribution in [0.2, 0.25) is 0 Å². The summed E-state index contributed by atoms with van der Waals surface area (Å²) in [7, 11) is 0. The van der Waals surface area contributed by atoms with Crippen LogP contribution in [0, 0.1) is 5.92 Å². The first-order valence-corrected chi connectivity index (χ1v) is 7.58. The first-order valence-electron chi connectivity index (χ1n) is 7.58. The highest BCUT2D eigenvalue weighted by molar-refractivity contribution is 6.05. The van der Waals surface area contributed by atoms with E-state index in [4.69, 9.17) is 0 Å². The van der Waals surface area contributed by atoms with E-state index in [1.165, 1.54) is 6.20 Å². The van der Waals surface area contributed by atoms with Crippen LogP contribution >= 0.6 is 0 Å². The highest BCUT2D eigenvalue weighted by Gasteiger charge is 2.29. The monoisotopic (exact) mass is 322 g/mol. The second-order valence-electron chi connectivity index (χ2n) is 5.68. The molecule has 24 heavy (non-hydrogen) atoms. The van der Waals surface area contributed by atoms with Gasteiger partial charge in [-0.15, -0.1) is 0 Å². The quantitative estimate of drug-likeness (QED) is 0.679. The van der Waals surface area contributed by atoms with E-state index in [1.54, 1.807) is 30.3 Å². The summed E-state index contributed by atoms with van der Waals surface area (Å²) in [6.45, 7) is 0. The van der Waals surface area contributed by atoms with Crippen molar-refractivity contribution in [3.63, 3.8) is 0 Å². The predicted molar refractivity (Wildman–Crippen MR) is 87.4 cm³/mol. The van der Waals surface area contributed by atoms with Gasteiger partial charge < -0.3 is 10.6 Å². The highest BCUT2D eigenvalue weighted by atomic mass is 16.2. The van der Waals surface area contributed by atoms with Crippen LogP contribution in [-0.4, -0.2) is 32.2 Å². The maximum atomic E-state index is 12.3. The van der Waals surface area contributed by atoms with E-state index in [0.29, 0.717) is 28.1 Å². The number of anilines is 2. The largest absolute Gasteiger partial charge is 0.321 e. The molecule has 1 fully saturated rings. The maximum absolute atomic E-state index is 12.3. The van der Waals surface area contributed by atoms with Crippen LogP contribution in [-0.2, 0) is 4.79 Å². The third-order valence-corrected chi connectivity index (χ3v) is 3.80. The number of pyridine rings is 1. The molecule has 8 heteroatoms. The Morgan fingerprint density at radius 1 is 1.04 bits per heavy atom. The Kier molecular flexibility index (Phi) is 3.42. The standard InChI is InChI=1S/C16H14N6O2/c23-15(9-1-2-9)19-14-6-4-11(8-17-14)18-16(24)10-3-5-12-13(7-10)21-22-20-12/h3-9H,1-2H2,(H,18,24)(H,17,19,23)(H,20,21,22). The minimum atomic E-state index is -0.267. The molecule has 8 nitrogen and oxygen atoms in total. The molecule has 1 aliphatic rings. The zero-order valence-electron chi connectivity index (χ0n) is 12.6. The first kappa shape index (κ1) is 14.3. The topological polar surface area (TPSA) is 113 Å². The summed E-state index contributed by atoms with van der Waals surface area (Å²) in [5.74, 6) is 0.336. The molecule has 0 saturated heterocycles. The Morgan fingerprint density at radius 3 is 2.62 bits per heavy atom. The van der Waals surface area contributed by atoms with Crippen LogP contribution in [0.3, 0.4) is 0 Å². The lowest BCUT2D eigenvalue weighted by Gasteiger charge is -2.07. The first-order chi connectivity index (χ1) is 11.7. The summed E-state index contributed by atoms with van der Waals surface area (Å²) in [5, 5.41) is 15.9. The second-order valence-corrected chi connectivity index (χ2v) is 5.68. The number of carbonyl (C=O) groups excluding carboxylic acids is 2. The predicted octanol–water partition coefficient (Wildman–Crippen LogP) is 1.95. The van der Waals surface area contributed by atoms with E-state index in [-0.39, 0.29) is 17.7 Å². The molecule has 0 unspecified atom stereocenters. The summed E-state index contributed by atoms with van der Waals surface area (Å²) < 4.78 is 0. The van der Waals surface area contributed by atoms with Crippen molar-refractivity contribution in [3.05, 3.63) is 42.1 Å². The summed E-state index contributed by atoms with van der Waals surface area (Å²) >= 11 is 0. The Balaban J connectivity index is 1.43. The lowest BCUT2D eigenvalue weighted by molar-refractivity contribution is -0.117. The van der Waals surface area contributed by atoms with E-state index in [0.717, 1.165) is 12.8 Å². The highest BCUT2D eigenvalue weighted by Crippen LogP contribution is 2.30. The number of fused-ring (bicyclic) bond motifs is 1. The average Bonchev–Trinajstić information content (AvgIpc) is 3.34. The average molecular weight is 322 g/mol. The Hall–Kier alpha value is -3.29. The number of benzene rings is 1. The van der Waals surface area contributed by atoms with E-state index >= 15 is 0 Å². The van der Waals surface area contributed by atoms with Gasteiger partial charge in [0, 0.05) is 11.5 Å². The third kappa shape index (κ3) is 2.94. The molecule has 0 atom stereocenters. The molecule has 3 N–H and O–H groups in total. The SMILES string of the molecule is O=C(Nc1ccc(NC(=O)C2CC2)nc1)c1ccc2n[nH]nc2c1. The molecular weight excluding hydrogens is 308 g/mol. The second kappa shape index (κ2) is 5.73. The van der Waals surface area contributed by atoms with Crippen LogP contribution in [0.25, 0.3) is 11.0 Å². The van der Waals surface area contributed by atoms with Crippen molar-refractivity contribution >= 4 is 34.4 Å². The fourth-order valence-electron chi connectivity index (χ4n) is 2.30. The van der Waals surface area contributed by atoms with E-state index in [1.807, 2.05) is 0 Å². The number of hydrogen-bond acceptors (Lipinski definition) is 5. The fourth-order valence-corrected chi connectivity index (χ4v) is 2.30. The van der Waals surface area contributed by atoms with Gasteiger partial charge in [-0.3, -0.25) is 9.59 Å². The molecular formula is C16H14N6O2. The van der Waals surface area contributed by atoms with Gasteiger partial charge in [-0.2, -0.15) is 15.4 Å². The van der Waals surface area contributed by atoms with Crippen molar-refractivity contribution < 1.29 is 9.59 Å². The van der Waals surface area contributed by atoms with Crippen molar-refractivity contribution in [3.8, 4) is 0 Å². The van der Waals surface area contributed by atoms with Crippen molar-refractivity contribution in [2.75, 3.05) is 10.6 Å². The number of aromatic nitrogens is 4. The Bertz CT molecular complexity index is 914. The normalized spacial score (nSPS) is 13.7. The van der Waals surface area contributed by atoms with E-state index in [2.05, 4.69) is 31.0 Å². The minimum absolute atomic E-state index is 0.000185. The van der Waals surface area contributed by atoms with Gasteiger partial charge in [-0.05, 0) is 43.2 Å². The van der Waals surface area contributed by atoms with Gasteiger partial charge in [0.2, 0.25) is 5.91 Å². The van der Waals surface area contributed by atoms with Gasteiger partial charge >= 0.3 is 0 Å². The van der Waals surface area contributed by atoms with Crippen molar-refractivity contribution in [1.82, 2.24) is 20.4 Å². The minimum Gasteiger partial charge on any atom is -0.321 e. The van der Waals surface area contributed by atoms with Gasteiger partial charge in [-0.1, -0.05) is 0 Å². The van der Waals surface area contributed by atoms with Gasteiger partial charge in [0.25, 0.3) is 5.91 Å². The molecule has 0 bridgehead atoms. The number of nitrogens with zero attached hydrogens (tertiary/aromatic N) is 3. The number of rotatable bonds is 4. The van der Waals surface area contributed by atoms with Crippen LogP contribution < -0.4 is 10.6 Å². The molecule has 1 aliphatic carbocycles. The van der Waals surface area contributed by atoms with Crippen LogP contribution in [0.15, 0.2) is 36.5 Å². The van der Waals surface area contributed by atoms with Gasteiger partial charge in [0.15, 0.2) is 0 Å². The number of carbonyl (C=O) groups is 2. The number of nitrogens with one attached hydrogen (secondary N) is 3. The number of H-pyrrole nitrogens is 1. The van der Waals surface area contributed by atoms with Gasteiger partial charge in [0.1, 0.15) is 16.9 Å².